The van der Waals surface area contributed by atoms with Crippen LogP contribution in [0, 0.1) is 18.8 Å². The van der Waals surface area contributed by atoms with E-state index in [-0.39, 0.29) is 0 Å². The first kappa shape index (κ1) is 14.5. The van der Waals surface area contributed by atoms with Crippen molar-refractivity contribution in [2.24, 2.45) is 0 Å². The third-order valence-corrected chi connectivity index (χ3v) is 3.25. The lowest BCUT2D eigenvalue weighted by Gasteiger charge is -2.21. The van der Waals surface area contributed by atoms with Crippen LogP contribution >= 0.6 is 0 Å². The molecular weight excluding hydrogens is 218 g/mol. The maximum absolute atomic E-state index is 3.84. The van der Waals surface area contributed by atoms with Crippen molar-refractivity contribution in [3.8, 4) is 11.8 Å². The highest BCUT2D eigenvalue weighted by Gasteiger charge is 2.14. The van der Waals surface area contributed by atoms with Gasteiger partial charge in [-0.3, -0.25) is 0 Å². The molecule has 0 saturated carbocycles. The molecule has 1 rings (SSSR count). The van der Waals surface area contributed by atoms with E-state index in [0.717, 1.165) is 25.1 Å². The van der Waals surface area contributed by atoms with Crippen LogP contribution in [0.4, 0.5) is 0 Å². The summed E-state index contributed by atoms with van der Waals surface area (Å²) < 4.78 is 0. The van der Waals surface area contributed by atoms with E-state index in [1.165, 1.54) is 10.5 Å². The average molecular weight is 242 g/mol. The normalized spacial score (nSPS) is 11.8. The standard InChI is InChI=1S/C17H23N/c1-5-8-17(18(6-2)7-3)14-13-16-11-9-15(4)10-12-16/h5,9-12,17H,1,6-8H2,2-4H3/p+1/t17-/m0/s1. The fourth-order valence-corrected chi connectivity index (χ4v) is 2.04. The Balaban J connectivity index is 2.83. The van der Waals surface area contributed by atoms with E-state index < -0.39 is 0 Å². The van der Waals surface area contributed by atoms with Crippen molar-refractivity contribution < 1.29 is 4.90 Å². The molecule has 0 fully saturated rings. The molecule has 1 N–H and O–H groups in total. The SMILES string of the molecule is C=CC[C@@H](C#Cc1ccc(C)cc1)[NH+](CC)CC. The molecule has 0 bridgehead atoms. The Morgan fingerprint density at radius 1 is 1.22 bits per heavy atom. The first-order valence-electron chi connectivity index (χ1n) is 6.74. The Labute approximate surface area is 112 Å². The highest BCUT2D eigenvalue weighted by Crippen LogP contribution is 2.01. The van der Waals surface area contributed by atoms with Crippen LogP contribution < -0.4 is 4.90 Å². The maximum atomic E-state index is 3.84. The lowest BCUT2D eigenvalue weighted by Crippen LogP contribution is -3.15. The molecule has 0 aliphatic carbocycles. The number of hydrogen-bond donors (Lipinski definition) is 1. The number of rotatable bonds is 5. The molecule has 1 nitrogen and oxygen atoms in total. The van der Waals surface area contributed by atoms with Gasteiger partial charge in [-0.1, -0.05) is 29.7 Å². The highest BCUT2D eigenvalue weighted by molar-refractivity contribution is 5.36. The molecule has 0 aromatic heterocycles. The second kappa shape index (κ2) is 7.74. The quantitative estimate of drug-likeness (QED) is 0.596. The zero-order chi connectivity index (χ0) is 13.4. The van der Waals surface area contributed by atoms with Gasteiger partial charge in [0.2, 0.25) is 0 Å². The summed E-state index contributed by atoms with van der Waals surface area (Å²) in [4.78, 5) is 1.52. The predicted molar refractivity (Wildman–Crippen MR) is 78.7 cm³/mol. The molecule has 0 spiro atoms. The van der Waals surface area contributed by atoms with Crippen LogP contribution in [-0.2, 0) is 0 Å². The van der Waals surface area contributed by atoms with Gasteiger partial charge in [0, 0.05) is 12.0 Å². The zero-order valence-electron chi connectivity index (χ0n) is 11.8. The average Bonchev–Trinajstić information content (AvgIpc) is 2.39. The van der Waals surface area contributed by atoms with Gasteiger partial charge in [-0.15, -0.1) is 6.58 Å². The molecule has 0 saturated heterocycles. The minimum absolute atomic E-state index is 0.360. The van der Waals surface area contributed by atoms with Crippen LogP contribution in [0.3, 0.4) is 0 Å². The molecule has 96 valence electrons. The summed E-state index contributed by atoms with van der Waals surface area (Å²) in [7, 11) is 0. The monoisotopic (exact) mass is 242 g/mol. The third kappa shape index (κ3) is 4.39. The summed E-state index contributed by atoms with van der Waals surface area (Å²) in [5.41, 5.74) is 2.37. The minimum atomic E-state index is 0.360. The fraction of sp³-hybridized carbons (Fsp3) is 0.412. The molecular formula is C17H24N+. The molecule has 1 aromatic rings. The van der Waals surface area contributed by atoms with Gasteiger partial charge >= 0.3 is 0 Å². The molecule has 0 heterocycles. The van der Waals surface area contributed by atoms with E-state index in [1.807, 2.05) is 6.08 Å². The molecule has 0 unspecified atom stereocenters. The van der Waals surface area contributed by atoms with Crippen molar-refractivity contribution in [3.63, 3.8) is 0 Å². The van der Waals surface area contributed by atoms with Crippen LogP contribution in [0.25, 0.3) is 0 Å². The van der Waals surface area contributed by atoms with Crippen LogP contribution in [0.15, 0.2) is 36.9 Å². The summed E-state index contributed by atoms with van der Waals surface area (Å²) in [6.45, 7) is 12.6. The van der Waals surface area contributed by atoms with Crippen LogP contribution in [0.2, 0.25) is 0 Å². The van der Waals surface area contributed by atoms with Crippen LogP contribution in [-0.4, -0.2) is 19.1 Å². The first-order chi connectivity index (χ1) is 8.71. The second-order valence-electron chi connectivity index (χ2n) is 4.58. The Hall–Kier alpha value is -1.52. The van der Waals surface area contributed by atoms with Crippen molar-refractivity contribution in [3.05, 3.63) is 48.0 Å². The number of nitrogens with one attached hydrogen (secondary N) is 1. The maximum Gasteiger partial charge on any atom is 0.153 e. The van der Waals surface area contributed by atoms with E-state index in [0.29, 0.717) is 6.04 Å². The van der Waals surface area contributed by atoms with Gasteiger partial charge in [-0.25, -0.2) is 0 Å². The lowest BCUT2D eigenvalue weighted by atomic mass is 10.1. The van der Waals surface area contributed by atoms with Crippen molar-refractivity contribution >= 4 is 0 Å². The Morgan fingerprint density at radius 3 is 2.33 bits per heavy atom. The first-order valence-corrected chi connectivity index (χ1v) is 6.74. The zero-order valence-corrected chi connectivity index (χ0v) is 11.8. The van der Waals surface area contributed by atoms with Gasteiger partial charge < -0.3 is 4.90 Å². The van der Waals surface area contributed by atoms with E-state index in [9.17, 15) is 0 Å². The smallest absolute Gasteiger partial charge is 0.153 e. The molecule has 0 aliphatic heterocycles. The Morgan fingerprint density at radius 2 is 1.83 bits per heavy atom. The lowest BCUT2D eigenvalue weighted by molar-refractivity contribution is -0.913. The predicted octanol–water partition coefficient (Wildman–Crippen LogP) is 2.22. The van der Waals surface area contributed by atoms with Crippen LogP contribution in [0.5, 0.6) is 0 Å². The number of hydrogen-bond acceptors (Lipinski definition) is 0. The van der Waals surface area contributed by atoms with Gasteiger partial charge in [0.25, 0.3) is 0 Å². The van der Waals surface area contributed by atoms with E-state index in [2.05, 4.69) is 63.5 Å². The van der Waals surface area contributed by atoms with Gasteiger partial charge in [0.15, 0.2) is 6.04 Å². The molecule has 18 heavy (non-hydrogen) atoms. The van der Waals surface area contributed by atoms with E-state index >= 15 is 0 Å². The topological polar surface area (TPSA) is 4.44 Å². The summed E-state index contributed by atoms with van der Waals surface area (Å²) in [6.07, 6.45) is 2.93. The molecule has 0 aliphatic rings. The second-order valence-corrected chi connectivity index (χ2v) is 4.58. The fourth-order valence-electron chi connectivity index (χ4n) is 2.04. The minimum Gasteiger partial charge on any atom is -0.323 e. The third-order valence-electron chi connectivity index (χ3n) is 3.25. The molecule has 1 heteroatoms. The largest absolute Gasteiger partial charge is 0.323 e. The summed E-state index contributed by atoms with van der Waals surface area (Å²) in [5.74, 6) is 6.69. The molecule has 0 amide bonds. The Kier molecular flexibility index (Phi) is 6.25. The molecule has 1 aromatic carbocycles. The van der Waals surface area contributed by atoms with E-state index in [1.54, 1.807) is 0 Å². The van der Waals surface area contributed by atoms with Gasteiger partial charge in [0.05, 0.1) is 13.1 Å². The number of aryl methyl sites for hydroxylation is 1. The molecule has 0 radical (unpaired) electrons. The van der Waals surface area contributed by atoms with Gasteiger partial charge in [0.1, 0.15) is 0 Å². The molecule has 1 atom stereocenters. The van der Waals surface area contributed by atoms with Gasteiger partial charge in [-0.05, 0) is 38.8 Å². The number of quaternary nitrogens is 1. The van der Waals surface area contributed by atoms with E-state index in [4.69, 9.17) is 0 Å². The summed E-state index contributed by atoms with van der Waals surface area (Å²) in [5, 5.41) is 0. The number of benzene rings is 1. The highest BCUT2D eigenvalue weighted by atomic mass is 15.1. The van der Waals surface area contributed by atoms with Crippen molar-refractivity contribution in [2.45, 2.75) is 33.2 Å². The summed E-state index contributed by atoms with van der Waals surface area (Å²) >= 11 is 0. The van der Waals surface area contributed by atoms with Crippen molar-refractivity contribution in [2.75, 3.05) is 13.1 Å². The van der Waals surface area contributed by atoms with Crippen molar-refractivity contribution in [1.82, 2.24) is 0 Å². The van der Waals surface area contributed by atoms with Crippen molar-refractivity contribution in [1.29, 1.82) is 0 Å². The summed E-state index contributed by atoms with van der Waals surface area (Å²) in [6, 6.07) is 8.75. The van der Waals surface area contributed by atoms with Gasteiger partial charge in [-0.2, -0.15) is 0 Å². The Bertz CT molecular complexity index is 415. The van der Waals surface area contributed by atoms with Crippen LogP contribution in [0.1, 0.15) is 31.4 Å².